The first-order valence-electron chi connectivity index (χ1n) is 10.1. The standard InChI is InChI=1S/C24H18FN5O4/c1-32-20-9-14(3-6-18(20)25)17-13-34-29-23(17)16-5-8-22-27-11-19(30(22)12-16)15-4-7-21(26-10-15)28-24(31)33-2/h3-13H,1-2H3,(H,26,28,31). The molecule has 10 heteroatoms. The maximum absolute atomic E-state index is 13.9. The lowest BCUT2D eigenvalue weighted by Gasteiger charge is -2.08. The number of amides is 1. The number of rotatable bonds is 5. The average molecular weight is 459 g/mol. The summed E-state index contributed by atoms with van der Waals surface area (Å²) in [6.07, 6.45) is 6.17. The fourth-order valence-corrected chi connectivity index (χ4v) is 3.59. The summed E-state index contributed by atoms with van der Waals surface area (Å²) in [6.45, 7) is 0. The van der Waals surface area contributed by atoms with E-state index in [-0.39, 0.29) is 5.75 Å². The van der Waals surface area contributed by atoms with Crippen LogP contribution in [0.3, 0.4) is 0 Å². The van der Waals surface area contributed by atoms with Gasteiger partial charge in [0, 0.05) is 29.1 Å². The van der Waals surface area contributed by atoms with Gasteiger partial charge in [-0.2, -0.15) is 0 Å². The summed E-state index contributed by atoms with van der Waals surface area (Å²) in [5.41, 5.74) is 5.08. The van der Waals surface area contributed by atoms with Crippen molar-refractivity contribution < 1.29 is 23.2 Å². The highest BCUT2D eigenvalue weighted by Gasteiger charge is 2.16. The highest BCUT2D eigenvalue weighted by atomic mass is 19.1. The van der Waals surface area contributed by atoms with Crippen LogP contribution in [0.15, 0.2) is 71.8 Å². The number of methoxy groups -OCH3 is 2. The third-order valence-corrected chi connectivity index (χ3v) is 5.29. The maximum Gasteiger partial charge on any atom is 0.412 e. The number of carbonyl (C=O) groups excluding carboxylic acids is 1. The molecule has 0 bridgehead atoms. The smallest absolute Gasteiger partial charge is 0.412 e. The molecule has 4 heterocycles. The van der Waals surface area contributed by atoms with E-state index in [1.807, 2.05) is 28.8 Å². The Kier molecular flexibility index (Phi) is 5.38. The van der Waals surface area contributed by atoms with Crippen molar-refractivity contribution in [2.24, 2.45) is 0 Å². The second-order valence-corrected chi connectivity index (χ2v) is 7.26. The van der Waals surface area contributed by atoms with Crippen LogP contribution in [0.25, 0.3) is 39.3 Å². The Morgan fingerprint density at radius 2 is 1.85 bits per heavy atom. The number of nitrogens with one attached hydrogen (secondary N) is 1. The lowest BCUT2D eigenvalue weighted by atomic mass is 10.0. The lowest BCUT2D eigenvalue weighted by molar-refractivity contribution is 0.187. The van der Waals surface area contributed by atoms with Gasteiger partial charge in [0.1, 0.15) is 23.4 Å². The number of hydrogen-bond donors (Lipinski definition) is 1. The molecule has 0 saturated carbocycles. The number of nitrogens with zero attached hydrogens (tertiary/aromatic N) is 4. The molecule has 0 saturated heterocycles. The van der Waals surface area contributed by atoms with E-state index in [0.717, 1.165) is 22.5 Å². The molecule has 0 aliphatic heterocycles. The molecule has 0 fully saturated rings. The van der Waals surface area contributed by atoms with Crippen molar-refractivity contribution in [3.8, 4) is 39.4 Å². The molecule has 5 rings (SSSR count). The molecule has 1 aromatic carbocycles. The normalized spacial score (nSPS) is 10.9. The highest BCUT2D eigenvalue weighted by molar-refractivity contribution is 5.83. The summed E-state index contributed by atoms with van der Waals surface area (Å²) in [7, 11) is 2.70. The predicted molar refractivity (Wildman–Crippen MR) is 122 cm³/mol. The van der Waals surface area contributed by atoms with E-state index in [0.29, 0.717) is 22.6 Å². The lowest BCUT2D eigenvalue weighted by Crippen LogP contribution is -2.11. The van der Waals surface area contributed by atoms with E-state index in [1.54, 1.807) is 30.6 Å². The minimum atomic E-state index is -0.595. The predicted octanol–water partition coefficient (Wildman–Crippen LogP) is 5.04. The van der Waals surface area contributed by atoms with E-state index in [1.165, 1.54) is 26.5 Å². The molecule has 1 N–H and O–H groups in total. The van der Waals surface area contributed by atoms with Gasteiger partial charge in [-0.05, 0) is 42.0 Å². The van der Waals surface area contributed by atoms with E-state index < -0.39 is 11.9 Å². The second kappa shape index (κ2) is 8.66. The van der Waals surface area contributed by atoms with E-state index >= 15 is 0 Å². The summed E-state index contributed by atoms with van der Waals surface area (Å²) >= 11 is 0. The number of aromatic nitrogens is 4. The fraction of sp³-hybridized carbons (Fsp3) is 0.0833. The summed E-state index contributed by atoms with van der Waals surface area (Å²) in [6, 6.07) is 11.8. The van der Waals surface area contributed by atoms with Gasteiger partial charge >= 0.3 is 6.09 Å². The molecule has 0 aliphatic rings. The van der Waals surface area contributed by atoms with Gasteiger partial charge in [0.15, 0.2) is 11.6 Å². The van der Waals surface area contributed by atoms with Crippen LogP contribution in [0.2, 0.25) is 0 Å². The Labute approximate surface area is 192 Å². The summed E-state index contributed by atoms with van der Waals surface area (Å²) < 4.78 is 30.7. The van der Waals surface area contributed by atoms with Gasteiger partial charge < -0.3 is 14.0 Å². The van der Waals surface area contributed by atoms with Gasteiger partial charge in [0.2, 0.25) is 0 Å². The van der Waals surface area contributed by atoms with Gasteiger partial charge in [-0.25, -0.2) is 19.2 Å². The fourth-order valence-electron chi connectivity index (χ4n) is 3.59. The molecular formula is C24H18FN5O4. The highest BCUT2D eigenvalue weighted by Crippen LogP contribution is 2.34. The molecule has 0 atom stereocenters. The van der Waals surface area contributed by atoms with Crippen molar-refractivity contribution in [2.75, 3.05) is 19.5 Å². The van der Waals surface area contributed by atoms with Gasteiger partial charge in [0.05, 0.1) is 26.1 Å². The van der Waals surface area contributed by atoms with Crippen molar-refractivity contribution in [3.05, 3.63) is 73.1 Å². The number of carbonyl (C=O) groups is 1. The summed E-state index contributed by atoms with van der Waals surface area (Å²) in [5.74, 6) is 0.0526. The first kappa shape index (κ1) is 21.1. The Balaban J connectivity index is 1.53. The van der Waals surface area contributed by atoms with Gasteiger partial charge in [-0.15, -0.1) is 0 Å². The zero-order valence-electron chi connectivity index (χ0n) is 18.2. The molecule has 5 aromatic rings. The number of pyridine rings is 2. The Bertz CT molecular complexity index is 1490. The van der Waals surface area contributed by atoms with Crippen LogP contribution >= 0.6 is 0 Å². The summed E-state index contributed by atoms with van der Waals surface area (Å²) in [4.78, 5) is 20.1. The number of ether oxygens (including phenoxy) is 2. The van der Waals surface area contributed by atoms with Gasteiger partial charge in [0.25, 0.3) is 0 Å². The number of imidazole rings is 1. The minimum absolute atomic E-state index is 0.134. The average Bonchev–Trinajstić information content (AvgIpc) is 3.52. The SMILES string of the molecule is COC(=O)Nc1ccc(-c2cnc3ccc(-c4nocc4-c4ccc(F)c(OC)c4)cn23)cn1. The minimum Gasteiger partial charge on any atom is -0.494 e. The van der Waals surface area contributed by atoms with E-state index in [2.05, 4.69) is 25.2 Å². The zero-order chi connectivity index (χ0) is 23.7. The van der Waals surface area contributed by atoms with Crippen molar-refractivity contribution >= 4 is 17.6 Å². The van der Waals surface area contributed by atoms with Crippen molar-refractivity contribution in [1.29, 1.82) is 0 Å². The third-order valence-electron chi connectivity index (χ3n) is 5.29. The Hall–Kier alpha value is -4.73. The van der Waals surface area contributed by atoms with Crippen LogP contribution in [0, 0.1) is 5.82 Å². The number of fused-ring (bicyclic) bond motifs is 1. The topological polar surface area (TPSA) is 104 Å². The van der Waals surface area contributed by atoms with Crippen LogP contribution in [0.1, 0.15) is 0 Å². The van der Waals surface area contributed by atoms with Crippen LogP contribution in [-0.2, 0) is 4.74 Å². The largest absolute Gasteiger partial charge is 0.494 e. The molecule has 34 heavy (non-hydrogen) atoms. The molecule has 0 unspecified atom stereocenters. The zero-order valence-corrected chi connectivity index (χ0v) is 18.2. The molecule has 170 valence electrons. The monoisotopic (exact) mass is 459 g/mol. The molecule has 9 nitrogen and oxygen atoms in total. The van der Waals surface area contributed by atoms with Crippen molar-refractivity contribution in [1.82, 2.24) is 19.5 Å². The van der Waals surface area contributed by atoms with Gasteiger partial charge in [-0.1, -0.05) is 11.2 Å². The first-order valence-corrected chi connectivity index (χ1v) is 10.1. The van der Waals surface area contributed by atoms with E-state index in [4.69, 9.17) is 9.26 Å². The van der Waals surface area contributed by atoms with Crippen molar-refractivity contribution in [2.45, 2.75) is 0 Å². The molecule has 4 aromatic heterocycles. The second-order valence-electron chi connectivity index (χ2n) is 7.26. The van der Waals surface area contributed by atoms with Crippen LogP contribution < -0.4 is 10.1 Å². The first-order chi connectivity index (χ1) is 16.6. The third kappa shape index (κ3) is 3.81. The Morgan fingerprint density at radius 3 is 2.62 bits per heavy atom. The van der Waals surface area contributed by atoms with E-state index in [9.17, 15) is 9.18 Å². The number of hydrogen-bond acceptors (Lipinski definition) is 7. The molecular weight excluding hydrogens is 441 g/mol. The quantitative estimate of drug-likeness (QED) is 0.392. The number of benzene rings is 1. The van der Waals surface area contributed by atoms with Crippen LogP contribution in [0.4, 0.5) is 15.0 Å². The van der Waals surface area contributed by atoms with Gasteiger partial charge in [-0.3, -0.25) is 9.72 Å². The van der Waals surface area contributed by atoms with Crippen molar-refractivity contribution in [3.63, 3.8) is 0 Å². The van der Waals surface area contributed by atoms with Crippen LogP contribution in [0.5, 0.6) is 5.75 Å². The molecule has 1 amide bonds. The Morgan fingerprint density at radius 1 is 1.03 bits per heavy atom. The molecule has 0 radical (unpaired) electrons. The van der Waals surface area contributed by atoms with Crippen LogP contribution in [-0.4, -0.2) is 39.8 Å². The number of halogens is 1. The molecule has 0 spiro atoms. The maximum atomic E-state index is 13.9. The molecule has 0 aliphatic carbocycles. The summed E-state index contributed by atoms with van der Waals surface area (Å²) in [5, 5.41) is 6.69. The number of anilines is 1.